The number of anilines is 1. The number of benzene rings is 1. The molecular weight excluding hydrogens is 389 g/mol. The minimum Gasteiger partial charge on any atom is -0.398 e. The molecule has 1 aromatic heterocycles. The number of rotatable bonds is 3. The lowest BCUT2D eigenvalue weighted by Gasteiger charge is -2.26. The molecule has 0 spiro atoms. The first kappa shape index (κ1) is 20.2. The first-order valence-corrected chi connectivity index (χ1v) is 8.82. The first-order chi connectivity index (χ1) is 13.2. The third kappa shape index (κ3) is 4.15. The molecular formula is C19H19F3N4OS. The van der Waals surface area contributed by atoms with Gasteiger partial charge in [0.1, 0.15) is 11.8 Å². The van der Waals surface area contributed by atoms with E-state index in [-0.39, 0.29) is 5.84 Å². The van der Waals surface area contributed by atoms with Gasteiger partial charge in [0, 0.05) is 34.9 Å². The Hall–Kier alpha value is -2.52. The summed E-state index contributed by atoms with van der Waals surface area (Å²) in [4.78, 5) is 9.07. The van der Waals surface area contributed by atoms with E-state index in [1.807, 2.05) is 18.2 Å². The van der Waals surface area contributed by atoms with E-state index in [9.17, 15) is 13.2 Å². The zero-order valence-corrected chi connectivity index (χ0v) is 16.1. The fourth-order valence-electron chi connectivity index (χ4n) is 2.87. The van der Waals surface area contributed by atoms with Gasteiger partial charge in [-0.15, -0.1) is 12.6 Å². The van der Waals surface area contributed by atoms with Crippen LogP contribution >= 0.6 is 12.6 Å². The van der Waals surface area contributed by atoms with E-state index in [1.165, 1.54) is 13.2 Å². The maximum atomic E-state index is 13.1. The smallest absolute Gasteiger partial charge is 0.398 e. The molecule has 3 rings (SSSR count). The van der Waals surface area contributed by atoms with Gasteiger partial charge in [-0.3, -0.25) is 4.98 Å². The fourth-order valence-corrected chi connectivity index (χ4v) is 2.99. The monoisotopic (exact) mass is 408 g/mol. The first-order valence-electron chi connectivity index (χ1n) is 8.37. The maximum absolute atomic E-state index is 13.1. The van der Waals surface area contributed by atoms with Crippen LogP contribution in [0.3, 0.4) is 0 Å². The Morgan fingerprint density at radius 1 is 1.29 bits per heavy atom. The van der Waals surface area contributed by atoms with Crippen molar-refractivity contribution in [2.45, 2.75) is 19.3 Å². The van der Waals surface area contributed by atoms with Crippen LogP contribution in [0.2, 0.25) is 0 Å². The number of ether oxygens (including phenoxy) is 1. The predicted octanol–water partition coefficient (Wildman–Crippen LogP) is 4.34. The number of nitrogens with zero attached hydrogens (tertiary/aromatic N) is 2. The topological polar surface area (TPSA) is 72.5 Å². The average Bonchev–Trinajstić information content (AvgIpc) is 2.66. The van der Waals surface area contributed by atoms with Crippen molar-refractivity contribution >= 4 is 40.8 Å². The van der Waals surface area contributed by atoms with E-state index in [2.05, 4.69) is 27.9 Å². The van der Waals surface area contributed by atoms with Gasteiger partial charge in [0.05, 0.1) is 11.2 Å². The van der Waals surface area contributed by atoms with Gasteiger partial charge in [-0.25, -0.2) is 4.99 Å². The zero-order chi connectivity index (χ0) is 20.5. The Balaban J connectivity index is 1.92. The standard InChI is InChI=1S/C19H19F3N4OS/c1-10(28)17(23)11-3-4-12-14(7-8-24-15(12)9-11)25-16-6-5-13(19(20,21)22)18(26-16)27-2/h3-9,13,18,28H,23H2,1-2H3,(H,24,25,26)/b17-10-. The number of hydrogen-bond acceptors (Lipinski definition) is 6. The molecule has 2 heterocycles. The van der Waals surface area contributed by atoms with Gasteiger partial charge in [0.25, 0.3) is 0 Å². The molecule has 1 aromatic carbocycles. The molecule has 0 bridgehead atoms. The summed E-state index contributed by atoms with van der Waals surface area (Å²) in [6.07, 6.45) is -1.81. The van der Waals surface area contributed by atoms with E-state index in [0.29, 0.717) is 21.8 Å². The second-order valence-corrected chi connectivity index (χ2v) is 6.95. The highest BCUT2D eigenvalue weighted by molar-refractivity contribution is 7.84. The summed E-state index contributed by atoms with van der Waals surface area (Å²) in [7, 11) is 1.20. The van der Waals surface area contributed by atoms with Crippen molar-refractivity contribution in [3.63, 3.8) is 0 Å². The second kappa shape index (κ2) is 7.84. The summed E-state index contributed by atoms with van der Waals surface area (Å²) in [5.74, 6) is -1.51. The van der Waals surface area contributed by atoms with Gasteiger partial charge < -0.3 is 15.8 Å². The quantitative estimate of drug-likeness (QED) is 0.661. The molecule has 0 aliphatic carbocycles. The van der Waals surface area contributed by atoms with Crippen molar-refractivity contribution in [3.05, 3.63) is 53.1 Å². The molecule has 0 fully saturated rings. The van der Waals surface area contributed by atoms with Gasteiger partial charge in [-0.1, -0.05) is 18.2 Å². The predicted molar refractivity (Wildman–Crippen MR) is 108 cm³/mol. The summed E-state index contributed by atoms with van der Waals surface area (Å²) in [6, 6.07) is 7.22. The number of alkyl halides is 3. The fraction of sp³-hybridized carbons (Fsp3) is 0.263. The maximum Gasteiger partial charge on any atom is 0.399 e. The van der Waals surface area contributed by atoms with Crippen LogP contribution in [-0.4, -0.2) is 30.3 Å². The van der Waals surface area contributed by atoms with Crippen LogP contribution in [-0.2, 0) is 4.74 Å². The van der Waals surface area contributed by atoms with Gasteiger partial charge in [0.2, 0.25) is 0 Å². The van der Waals surface area contributed by atoms with Crippen molar-refractivity contribution in [1.29, 1.82) is 0 Å². The number of nitrogens with two attached hydrogens (primary N) is 1. The van der Waals surface area contributed by atoms with Crippen LogP contribution in [0, 0.1) is 5.92 Å². The Kier molecular flexibility index (Phi) is 5.66. The lowest BCUT2D eigenvalue weighted by atomic mass is 10.0. The number of thiol groups is 1. The number of hydrogen-bond donors (Lipinski definition) is 3. The third-order valence-electron chi connectivity index (χ3n) is 4.36. The Morgan fingerprint density at radius 3 is 2.68 bits per heavy atom. The number of nitrogens with one attached hydrogen (secondary N) is 1. The number of fused-ring (bicyclic) bond motifs is 1. The lowest BCUT2D eigenvalue weighted by molar-refractivity contribution is -0.187. The molecule has 3 N–H and O–H groups in total. The molecule has 9 heteroatoms. The highest BCUT2D eigenvalue weighted by Crippen LogP contribution is 2.34. The lowest BCUT2D eigenvalue weighted by Crippen LogP contribution is -2.36. The van der Waals surface area contributed by atoms with E-state index in [4.69, 9.17) is 10.5 Å². The minimum absolute atomic E-state index is 0.273. The van der Waals surface area contributed by atoms with E-state index < -0.39 is 18.3 Å². The van der Waals surface area contributed by atoms with Crippen LogP contribution in [0.5, 0.6) is 0 Å². The van der Waals surface area contributed by atoms with Crippen molar-refractivity contribution in [1.82, 2.24) is 4.98 Å². The molecule has 1 aliphatic heterocycles. The average molecular weight is 408 g/mol. The molecule has 28 heavy (non-hydrogen) atoms. The molecule has 1 aliphatic rings. The van der Waals surface area contributed by atoms with E-state index in [0.717, 1.165) is 17.0 Å². The molecule has 5 nitrogen and oxygen atoms in total. The van der Waals surface area contributed by atoms with Crippen molar-refractivity contribution in [3.8, 4) is 0 Å². The van der Waals surface area contributed by atoms with E-state index >= 15 is 0 Å². The summed E-state index contributed by atoms with van der Waals surface area (Å²) in [5.41, 5.74) is 8.69. The van der Waals surface area contributed by atoms with Crippen LogP contribution in [0.15, 0.2) is 52.5 Å². The van der Waals surface area contributed by atoms with Crippen LogP contribution in [0.1, 0.15) is 12.5 Å². The zero-order valence-electron chi connectivity index (χ0n) is 15.2. The molecule has 2 aromatic rings. The van der Waals surface area contributed by atoms with E-state index in [1.54, 1.807) is 19.2 Å². The van der Waals surface area contributed by atoms with Crippen LogP contribution < -0.4 is 11.1 Å². The summed E-state index contributed by atoms with van der Waals surface area (Å²) < 4.78 is 44.1. The van der Waals surface area contributed by atoms with Gasteiger partial charge in [0.15, 0.2) is 6.23 Å². The molecule has 0 amide bonds. The molecule has 0 radical (unpaired) electrons. The minimum atomic E-state index is -4.43. The third-order valence-corrected chi connectivity index (χ3v) is 4.60. The summed E-state index contributed by atoms with van der Waals surface area (Å²) in [5, 5.41) is 3.83. The van der Waals surface area contributed by atoms with Crippen molar-refractivity contribution in [2.75, 3.05) is 12.4 Å². The number of aliphatic imine (C=N–C) groups is 1. The van der Waals surface area contributed by atoms with Gasteiger partial charge in [-0.05, 0) is 25.1 Å². The van der Waals surface area contributed by atoms with Gasteiger partial charge >= 0.3 is 6.18 Å². The SMILES string of the molecule is COC1N=C(Nc2ccnc3cc(/C(N)=C(\C)S)ccc23)C=CC1C(F)(F)F. The second-order valence-electron chi connectivity index (χ2n) is 6.28. The highest BCUT2D eigenvalue weighted by atomic mass is 32.1. The highest BCUT2D eigenvalue weighted by Gasteiger charge is 2.44. The number of aromatic nitrogens is 1. The van der Waals surface area contributed by atoms with Crippen molar-refractivity contribution < 1.29 is 17.9 Å². The number of pyridine rings is 1. The molecule has 0 saturated carbocycles. The Morgan fingerprint density at radius 2 is 2.04 bits per heavy atom. The normalized spacial score (nSPS) is 20.7. The molecule has 148 valence electrons. The number of halogens is 3. The van der Waals surface area contributed by atoms with Gasteiger partial charge in [-0.2, -0.15) is 13.2 Å². The largest absolute Gasteiger partial charge is 0.399 e. The number of dihydropyridines is 1. The van der Waals surface area contributed by atoms with Crippen LogP contribution in [0.4, 0.5) is 18.9 Å². The molecule has 0 saturated heterocycles. The number of allylic oxidation sites excluding steroid dienone is 1. The Bertz CT molecular complexity index is 981. The summed E-state index contributed by atoms with van der Waals surface area (Å²) in [6.45, 7) is 1.79. The van der Waals surface area contributed by atoms with Crippen LogP contribution in [0.25, 0.3) is 16.6 Å². The molecule has 2 atom stereocenters. The number of methoxy groups -OCH3 is 1. The van der Waals surface area contributed by atoms with Crippen molar-refractivity contribution in [2.24, 2.45) is 16.6 Å². The molecule has 2 unspecified atom stereocenters. The Labute approximate surface area is 165 Å². The number of amidine groups is 1. The summed E-state index contributed by atoms with van der Waals surface area (Å²) >= 11 is 4.26.